The Morgan fingerprint density at radius 1 is 1.40 bits per heavy atom. The van der Waals surface area contributed by atoms with Crippen molar-refractivity contribution in [2.45, 2.75) is 39.2 Å². The van der Waals surface area contributed by atoms with Gasteiger partial charge in [0.25, 0.3) is 0 Å². The first kappa shape index (κ1) is 14.5. The predicted octanol–water partition coefficient (Wildman–Crippen LogP) is 2.66. The molecule has 0 amide bonds. The molecule has 1 aromatic rings. The Morgan fingerprint density at radius 2 is 2.15 bits per heavy atom. The first-order valence-corrected chi connectivity index (χ1v) is 6.97. The van der Waals surface area contributed by atoms with Crippen LogP contribution >= 0.6 is 0 Å². The molecule has 2 N–H and O–H groups in total. The van der Waals surface area contributed by atoms with Gasteiger partial charge in [-0.25, -0.2) is 4.98 Å². The minimum Gasteiger partial charge on any atom is -0.361 e. The van der Waals surface area contributed by atoms with Gasteiger partial charge in [0.2, 0.25) is 11.8 Å². The maximum Gasteiger partial charge on any atom is 0.329 e. The third-order valence-electron chi connectivity index (χ3n) is 3.94. The van der Waals surface area contributed by atoms with Crippen LogP contribution in [0.15, 0.2) is 6.20 Å². The van der Waals surface area contributed by atoms with Crippen molar-refractivity contribution in [3.8, 4) is 0 Å². The topological polar surface area (TPSA) is 93.0 Å². The van der Waals surface area contributed by atoms with Crippen LogP contribution in [0.2, 0.25) is 0 Å². The molecule has 1 aromatic heterocycles. The Bertz CT molecular complexity index is 494. The maximum atomic E-state index is 11.1. The van der Waals surface area contributed by atoms with E-state index in [4.69, 9.17) is 0 Å². The molecule has 0 spiro atoms. The lowest BCUT2D eigenvalue weighted by atomic mass is 9.80. The van der Waals surface area contributed by atoms with E-state index < -0.39 is 4.92 Å². The van der Waals surface area contributed by atoms with Crippen LogP contribution in [-0.2, 0) is 0 Å². The highest BCUT2D eigenvalue weighted by atomic mass is 16.6. The molecule has 1 fully saturated rings. The third-order valence-corrected chi connectivity index (χ3v) is 3.94. The van der Waals surface area contributed by atoms with E-state index in [1.165, 1.54) is 6.20 Å². The quantitative estimate of drug-likeness (QED) is 0.650. The standard InChI is InChI=1S/C13H21N5O2/c1-8-4-5-10(9(2)6-8)16-12-11(18(19)20)7-15-13(14-3)17-12/h7-10H,4-6H2,1-3H3,(H2,14,15,16,17). The van der Waals surface area contributed by atoms with Gasteiger partial charge in [-0.15, -0.1) is 0 Å². The molecule has 0 saturated heterocycles. The molecule has 1 saturated carbocycles. The smallest absolute Gasteiger partial charge is 0.329 e. The second kappa shape index (κ2) is 6.02. The highest BCUT2D eigenvalue weighted by molar-refractivity contribution is 5.57. The Morgan fingerprint density at radius 3 is 2.75 bits per heavy atom. The van der Waals surface area contributed by atoms with Gasteiger partial charge >= 0.3 is 5.69 Å². The normalized spacial score (nSPS) is 26.1. The zero-order valence-electron chi connectivity index (χ0n) is 12.1. The van der Waals surface area contributed by atoms with Gasteiger partial charge < -0.3 is 10.6 Å². The molecule has 0 bridgehead atoms. The SMILES string of the molecule is CNc1ncc([N+](=O)[O-])c(NC2CCC(C)CC2C)n1. The monoisotopic (exact) mass is 279 g/mol. The highest BCUT2D eigenvalue weighted by Crippen LogP contribution is 2.32. The first-order chi connectivity index (χ1) is 9.51. The third kappa shape index (κ3) is 3.15. The van der Waals surface area contributed by atoms with Crippen molar-refractivity contribution in [2.75, 3.05) is 17.7 Å². The fraction of sp³-hybridized carbons (Fsp3) is 0.692. The number of nitrogens with one attached hydrogen (secondary N) is 2. The number of anilines is 2. The minimum absolute atomic E-state index is 0.0742. The Hall–Kier alpha value is -1.92. The largest absolute Gasteiger partial charge is 0.361 e. The molecule has 7 nitrogen and oxygen atoms in total. The lowest BCUT2D eigenvalue weighted by Crippen LogP contribution is -2.33. The average Bonchev–Trinajstić information content (AvgIpc) is 2.41. The van der Waals surface area contributed by atoms with E-state index in [0.29, 0.717) is 17.7 Å². The second-order valence-corrected chi connectivity index (χ2v) is 5.58. The van der Waals surface area contributed by atoms with Crippen molar-refractivity contribution in [2.24, 2.45) is 11.8 Å². The van der Waals surface area contributed by atoms with Crippen molar-refractivity contribution in [1.29, 1.82) is 0 Å². The summed E-state index contributed by atoms with van der Waals surface area (Å²) in [6.07, 6.45) is 4.53. The zero-order chi connectivity index (χ0) is 14.7. The van der Waals surface area contributed by atoms with Crippen molar-refractivity contribution < 1.29 is 4.92 Å². The molecule has 2 rings (SSSR count). The molecule has 0 radical (unpaired) electrons. The van der Waals surface area contributed by atoms with E-state index >= 15 is 0 Å². The predicted molar refractivity (Wildman–Crippen MR) is 77.8 cm³/mol. The summed E-state index contributed by atoms with van der Waals surface area (Å²) in [5.74, 6) is 1.89. The lowest BCUT2D eigenvalue weighted by molar-refractivity contribution is -0.384. The molecule has 0 aliphatic heterocycles. The number of nitro groups is 1. The van der Waals surface area contributed by atoms with Gasteiger partial charge in [-0.3, -0.25) is 10.1 Å². The Balaban J connectivity index is 2.20. The van der Waals surface area contributed by atoms with Crippen LogP contribution in [-0.4, -0.2) is 28.0 Å². The molecular formula is C13H21N5O2. The summed E-state index contributed by atoms with van der Waals surface area (Å²) >= 11 is 0. The van der Waals surface area contributed by atoms with Crippen LogP contribution < -0.4 is 10.6 Å². The van der Waals surface area contributed by atoms with E-state index in [1.54, 1.807) is 7.05 Å². The molecule has 1 aliphatic rings. The average molecular weight is 279 g/mol. The summed E-state index contributed by atoms with van der Waals surface area (Å²) in [4.78, 5) is 18.7. The van der Waals surface area contributed by atoms with Gasteiger partial charge in [0.05, 0.1) is 4.92 Å². The number of nitrogens with zero attached hydrogens (tertiary/aromatic N) is 3. The van der Waals surface area contributed by atoms with E-state index in [0.717, 1.165) is 25.2 Å². The van der Waals surface area contributed by atoms with Gasteiger partial charge in [-0.2, -0.15) is 4.98 Å². The number of hydrogen-bond acceptors (Lipinski definition) is 6. The van der Waals surface area contributed by atoms with Gasteiger partial charge in [-0.05, 0) is 31.1 Å². The van der Waals surface area contributed by atoms with Crippen molar-refractivity contribution in [1.82, 2.24) is 9.97 Å². The molecular weight excluding hydrogens is 258 g/mol. The van der Waals surface area contributed by atoms with Crippen molar-refractivity contribution >= 4 is 17.5 Å². The number of rotatable bonds is 4. The van der Waals surface area contributed by atoms with Gasteiger partial charge in [0.1, 0.15) is 6.20 Å². The number of aromatic nitrogens is 2. The summed E-state index contributed by atoms with van der Waals surface area (Å²) in [7, 11) is 1.69. The molecule has 20 heavy (non-hydrogen) atoms. The van der Waals surface area contributed by atoms with E-state index in [2.05, 4.69) is 34.4 Å². The van der Waals surface area contributed by atoms with Crippen LogP contribution in [0.25, 0.3) is 0 Å². The second-order valence-electron chi connectivity index (χ2n) is 5.58. The summed E-state index contributed by atoms with van der Waals surface area (Å²) < 4.78 is 0. The molecule has 7 heteroatoms. The first-order valence-electron chi connectivity index (χ1n) is 6.97. The lowest BCUT2D eigenvalue weighted by Gasteiger charge is -2.33. The van der Waals surface area contributed by atoms with Crippen LogP contribution in [0.5, 0.6) is 0 Å². The maximum absolute atomic E-state index is 11.1. The molecule has 1 heterocycles. The highest BCUT2D eigenvalue weighted by Gasteiger charge is 2.28. The van der Waals surface area contributed by atoms with Crippen LogP contribution in [0, 0.1) is 22.0 Å². The van der Waals surface area contributed by atoms with Gasteiger partial charge in [-0.1, -0.05) is 13.8 Å². The van der Waals surface area contributed by atoms with E-state index in [1.807, 2.05) is 0 Å². The van der Waals surface area contributed by atoms with Gasteiger partial charge in [0, 0.05) is 13.1 Å². The fourth-order valence-corrected chi connectivity index (χ4v) is 2.79. The number of hydrogen-bond donors (Lipinski definition) is 2. The summed E-state index contributed by atoms with van der Waals surface area (Å²) in [6, 6.07) is 0.226. The molecule has 3 unspecified atom stereocenters. The minimum atomic E-state index is -0.447. The fourth-order valence-electron chi connectivity index (χ4n) is 2.79. The molecule has 1 aliphatic carbocycles. The van der Waals surface area contributed by atoms with Crippen molar-refractivity contribution in [3.05, 3.63) is 16.3 Å². The molecule has 0 aromatic carbocycles. The molecule has 3 atom stereocenters. The Kier molecular flexibility index (Phi) is 4.36. The van der Waals surface area contributed by atoms with Crippen LogP contribution in [0.1, 0.15) is 33.1 Å². The van der Waals surface area contributed by atoms with E-state index in [9.17, 15) is 10.1 Å². The van der Waals surface area contributed by atoms with Crippen LogP contribution in [0.3, 0.4) is 0 Å². The summed E-state index contributed by atoms with van der Waals surface area (Å²) in [5, 5.41) is 17.1. The summed E-state index contributed by atoms with van der Waals surface area (Å²) in [6.45, 7) is 4.43. The van der Waals surface area contributed by atoms with E-state index in [-0.39, 0.29) is 11.7 Å². The molecule has 110 valence electrons. The Labute approximate surface area is 118 Å². The zero-order valence-corrected chi connectivity index (χ0v) is 12.1. The van der Waals surface area contributed by atoms with Crippen LogP contribution in [0.4, 0.5) is 17.5 Å². The van der Waals surface area contributed by atoms with Crippen molar-refractivity contribution in [3.63, 3.8) is 0 Å². The summed E-state index contributed by atoms with van der Waals surface area (Å²) in [5.41, 5.74) is -0.0742. The van der Waals surface area contributed by atoms with Gasteiger partial charge in [0.15, 0.2) is 0 Å².